The summed E-state index contributed by atoms with van der Waals surface area (Å²) < 4.78 is 6.78. The first-order valence-electron chi connectivity index (χ1n) is 7.16. The van der Waals surface area contributed by atoms with Gasteiger partial charge in [-0.1, -0.05) is 0 Å². The van der Waals surface area contributed by atoms with Gasteiger partial charge in [-0.2, -0.15) is 4.98 Å². The van der Waals surface area contributed by atoms with Gasteiger partial charge in [0, 0.05) is 6.92 Å². The monoisotopic (exact) mass is 339 g/mol. The van der Waals surface area contributed by atoms with Crippen molar-refractivity contribution in [1.29, 1.82) is 0 Å². The van der Waals surface area contributed by atoms with Crippen molar-refractivity contribution in [2.45, 2.75) is 37.9 Å². The molecule has 0 unspecified atom stereocenters. The molecule has 4 atom stereocenters. The van der Waals surface area contributed by atoms with Crippen molar-refractivity contribution < 1.29 is 24.9 Å². The summed E-state index contributed by atoms with van der Waals surface area (Å²) in [5, 5.41) is 32.0. The highest BCUT2D eigenvalue weighted by atomic mass is 16.6. The molecule has 3 rings (SSSR count). The van der Waals surface area contributed by atoms with Crippen LogP contribution >= 0.6 is 0 Å². The van der Waals surface area contributed by atoms with Gasteiger partial charge in [0.15, 0.2) is 17.4 Å². The fourth-order valence-corrected chi connectivity index (χ4v) is 2.66. The number of aromatic amines is 1. The summed E-state index contributed by atoms with van der Waals surface area (Å²) in [7, 11) is 0. The normalized spacial score (nSPS) is 30.0. The van der Waals surface area contributed by atoms with Gasteiger partial charge in [0.25, 0.3) is 5.56 Å². The summed E-state index contributed by atoms with van der Waals surface area (Å²) >= 11 is 0. The van der Waals surface area contributed by atoms with Gasteiger partial charge in [0.2, 0.25) is 11.9 Å². The molecule has 0 spiro atoms. The van der Waals surface area contributed by atoms with E-state index in [4.69, 9.17) is 4.74 Å². The van der Waals surface area contributed by atoms with Crippen LogP contribution in [0.15, 0.2) is 11.1 Å². The lowest BCUT2D eigenvalue weighted by Crippen LogP contribution is -2.43. The molecule has 24 heavy (non-hydrogen) atoms. The second kappa shape index (κ2) is 5.63. The Morgan fingerprint density at radius 2 is 2.25 bits per heavy atom. The molecule has 3 heterocycles. The number of nitrogens with one attached hydrogen (secondary N) is 2. The third-order valence-corrected chi connectivity index (χ3v) is 3.95. The standard InChI is InChI=1S/C13H17N5O6/c1-5(20)15-12-16-9-6(10(23)17-12)18(4-14-9)11-7(21)8(22)13(2,3-19)24-11/h4,7-8,11,19,21-22H,3H2,1-2H3,(H2,15,16,17,20,23)/t7-,8+,11-,13-/m1/s1. The number of nitrogens with zero attached hydrogens (tertiary/aromatic N) is 3. The van der Waals surface area contributed by atoms with E-state index in [1.54, 1.807) is 0 Å². The number of ether oxygens (including phenoxy) is 1. The van der Waals surface area contributed by atoms with E-state index in [1.807, 2.05) is 0 Å². The molecule has 11 heteroatoms. The highest BCUT2D eigenvalue weighted by Crippen LogP contribution is 2.37. The molecule has 0 aromatic carbocycles. The first-order chi connectivity index (χ1) is 11.3. The van der Waals surface area contributed by atoms with E-state index in [0.29, 0.717) is 0 Å². The van der Waals surface area contributed by atoms with Gasteiger partial charge >= 0.3 is 0 Å². The molecule has 2 aromatic rings. The third kappa shape index (κ3) is 2.47. The number of amides is 1. The highest BCUT2D eigenvalue weighted by Gasteiger charge is 2.52. The molecule has 5 N–H and O–H groups in total. The van der Waals surface area contributed by atoms with Gasteiger partial charge in [-0.25, -0.2) is 4.98 Å². The predicted octanol–water partition coefficient (Wildman–Crippen LogP) is -1.92. The quantitative estimate of drug-likeness (QED) is 0.432. The number of aromatic nitrogens is 4. The Kier molecular flexibility index (Phi) is 3.87. The largest absolute Gasteiger partial charge is 0.393 e. The number of anilines is 1. The van der Waals surface area contributed by atoms with Crippen LogP contribution in [-0.4, -0.2) is 65.2 Å². The van der Waals surface area contributed by atoms with Crippen molar-refractivity contribution in [2.75, 3.05) is 11.9 Å². The number of aliphatic hydroxyl groups is 3. The van der Waals surface area contributed by atoms with Crippen LogP contribution in [0.2, 0.25) is 0 Å². The van der Waals surface area contributed by atoms with Crippen LogP contribution in [0.3, 0.4) is 0 Å². The second-order valence-corrected chi connectivity index (χ2v) is 5.83. The van der Waals surface area contributed by atoms with Crippen LogP contribution in [0.5, 0.6) is 0 Å². The molecule has 0 bridgehead atoms. The number of hydrogen-bond donors (Lipinski definition) is 5. The first kappa shape index (κ1) is 16.5. The van der Waals surface area contributed by atoms with Crippen molar-refractivity contribution >= 4 is 23.0 Å². The van der Waals surface area contributed by atoms with Gasteiger partial charge in [0.05, 0.1) is 6.61 Å². The zero-order valence-corrected chi connectivity index (χ0v) is 12.9. The van der Waals surface area contributed by atoms with Gasteiger partial charge < -0.3 is 20.1 Å². The van der Waals surface area contributed by atoms with Crippen molar-refractivity contribution in [3.05, 3.63) is 16.7 Å². The van der Waals surface area contributed by atoms with E-state index in [1.165, 1.54) is 24.7 Å². The lowest BCUT2D eigenvalue weighted by Gasteiger charge is -2.24. The van der Waals surface area contributed by atoms with Crippen LogP contribution < -0.4 is 10.9 Å². The highest BCUT2D eigenvalue weighted by molar-refractivity contribution is 5.87. The van der Waals surface area contributed by atoms with Crippen LogP contribution in [0.1, 0.15) is 20.1 Å². The van der Waals surface area contributed by atoms with E-state index >= 15 is 0 Å². The lowest BCUT2D eigenvalue weighted by atomic mass is 9.99. The number of imidazole rings is 1. The molecular weight excluding hydrogens is 322 g/mol. The summed E-state index contributed by atoms with van der Waals surface area (Å²) in [5.41, 5.74) is -1.95. The molecule has 130 valence electrons. The SMILES string of the molecule is CC(=O)Nc1nc2ncn([C@@H]3O[C@](C)(CO)[C@@H](O)[C@H]3O)c2c(=O)[nH]1. The Hall–Kier alpha value is -2.34. The summed E-state index contributed by atoms with van der Waals surface area (Å²) in [5.74, 6) is -0.466. The smallest absolute Gasteiger partial charge is 0.278 e. The third-order valence-electron chi connectivity index (χ3n) is 3.95. The van der Waals surface area contributed by atoms with Crippen LogP contribution in [0.4, 0.5) is 5.95 Å². The Bertz CT molecular complexity index is 847. The summed E-state index contributed by atoms with van der Waals surface area (Å²) in [6.07, 6.45) is -2.63. The molecule has 2 aromatic heterocycles. The van der Waals surface area contributed by atoms with E-state index < -0.39 is 42.1 Å². The lowest BCUT2D eigenvalue weighted by molar-refractivity contribution is -0.115. The maximum atomic E-state index is 12.3. The van der Waals surface area contributed by atoms with Crippen molar-refractivity contribution in [3.8, 4) is 0 Å². The Balaban J connectivity index is 2.06. The van der Waals surface area contributed by atoms with Gasteiger partial charge in [0.1, 0.15) is 24.1 Å². The zero-order valence-electron chi connectivity index (χ0n) is 12.9. The van der Waals surface area contributed by atoms with Crippen LogP contribution in [0.25, 0.3) is 11.2 Å². The second-order valence-electron chi connectivity index (χ2n) is 5.83. The van der Waals surface area contributed by atoms with Gasteiger partial charge in [-0.15, -0.1) is 0 Å². The molecule has 11 nitrogen and oxygen atoms in total. The first-order valence-corrected chi connectivity index (χ1v) is 7.16. The Morgan fingerprint density at radius 3 is 2.83 bits per heavy atom. The van der Waals surface area contributed by atoms with Gasteiger partial charge in [-0.05, 0) is 6.92 Å². The maximum absolute atomic E-state index is 12.3. The minimum atomic E-state index is -1.38. The van der Waals surface area contributed by atoms with Crippen LogP contribution in [0, 0.1) is 0 Å². The van der Waals surface area contributed by atoms with E-state index in [9.17, 15) is 24.9 Å². The molecule has 0 aliphatic carbocycles. The van der Waals surface area contributed by atoms with Crippen molar-refractivity contribution in [1.82, 2.24) is 19.5 Å². The number of carbonyl (C=O) groups is 1. The zero-order chi connectivity index (χ0) is 17.6. The molecule has 1 fully saturated rings. The molecule has 1 aliphatic heterocycles. The summed E-state index contributed by atoms with van der Waals surface area (Å²) in [6, 6.07) is 0. The molecule has 0 radical (unpaired) electrons. The number of fused-ring (bicyclic) bond motifs is 1. The Morgan fingerprint density at radius 1 is 1.54 bits per heavy atom. The van der Waals surface area contributed by atoms with Gasteiger partial charge in [-0.3, -0.25) is 24.5 Å². The number of rotatable bonds is 3. The molecule has 1 aliphatic rings. The Labute approximate surface area is 134 Å². The maximum Gasteiger partial charge on any atom is 0.278 e. The van der Waals surface area contributed by atoms with Crippen LogP contribution in [-0.2, 0) is 9.53 Å². The predicted molar refractivity (Wildman–Crippen MR) is 80.1 cm³/mol. The number of carbonyl (C=O) groups excluding carboxylic acids is 1. The number of aliphatic hydroxyl groups excluding tert-OH is 3. The fraction of sp³-hybridized carbons (Fsp3) is 0.538. The van der Waals surface area contributed by atoms with E-state index in [2.05, 4.69) is 20.3 Å². The van der Waals surface area contributed by atoms with E-state index in [-0.39, 0.29) is 17.1 Å². The summed E-state index contributed by atoms with van der Waals surface area (Å²) in [6.45, 7) is 2.19. The number of H-pyrrole nitrogens is 1. The van der Waals surface area contributed by atoms with E-state index in [0.717, 1.165) is 0 Å². The average molecular weight is 339 g/mol. The molecular formula is C13H17N5O6. The van der Waals surface area contributed by atoms with Crippen molar-refractivity contribution in [3.63, 3.8) is 0 Å². The van der Waals surface area contributed by atoms with Crippen molar-refractivity contribution in [2.24, 2.45) is 0 Å². The minimum absolute atomic E-state index is 0.00235. The summed E-state index contributed by atoms with van der Waals surface area (Å²) in [4.78, 5) is 33.7. The molecule has 0 saturated carbocycles. The minimum Gasteiger partial charge on any atom is -0.393 e. The fourth-order valence-electron chi connectivity index (χ4n) is 2.66. The molecule has 1 saturated heterocycles. The molecule has 1 amide bonds. The topological polar surface area (TPSA) is 163 Å². The number of hydrogen-bond acceptors (Lipinski definition) is 8. The average Bonchev–Trinajstić information content (AvgIpc) is 3.02.